The molecule has 0 saturated heterocycles. The molecule has 1 heterocycles. The molecule has 0 bridgehead atoms. The van der Waals surface area contributed by atoms with Gasteiger partial charge in [0, 0.05) is 33.9 Å². The summed E-state index contributed by atoms with van der Waals surface area (Å²) in [5.74, 6) is -0.0144. The van der Waals surface area contributed by atoms with Crippen molar-refractivity contribution in [2.45, 2.75) is 5.75 Å². The van der Waals surface area contributed by atoms with Crippen molar-refractivity contribution in [3.8, 4) is 0 Å². The minimum absolute atomic E-state index is 0.0474. The van der Waals surface area contributed by atoms with Crippen LogP contribution in [0.5, 0.6) is 0 Å². The van der Waals surface area contributed by atoms with Crippen LogP contribution in [0.2, 0.25) is 0 Å². The molecule has 0 fully saturated rings. The van der Waals surface area contributed by atoms with E-state index >= 15 is 0 Å². The second-order valence-electron chi connectivity index (χ2n) is 5.84. The molecular weight excluding hydrogens is 354 g/mol. The number of hydrogen-bond acceptors (Lipinski definition) is 5. The first-order valence-electron chi connectivity index (χ1n) is 8.38. The molecule has 2 aromatic carbocycles. The van der Waals surface area contributed by atoms with Crippen LogP contribution in [0.3, 0.4) is 0 Å². The van der Waals surface area contributed by atoms with Gasteiger partial charge in [-0.1, -0.05) is 24.3 Å². The zero-order valence-corrected chi connectivity index (χ0v) is 15.1. The number of ether oxygens (including phenoxy) is 1. The highest BCUT2D eigenvalue weighted by Crippen LogP contribution is 2.29. The number of hydrogen-bond donors (Lipinski definition) is 2. The molecule has 0 spiro atoms. The average Bonchev–Trinajstić information content (AvgIpc) is 2.99. The highest BCUT2D eigenvalue weighted by molar-refractivity contribution is 7.84. The number of fused-ring (bicyclic) bond motifs is 3. The van der Waals surface area contributed by atoms with Crippen LogP contribution >= 0.6 is 0 Å². The molecule has 0 aliphatic rings. The number of para-hydroxylation sites is 1. The number of carbonyl (C=O) groups excluding carboxylic acids is 1. The first-order valence-corrected chi connectivity index (χ1v) is 9.86. The highest BCUT2D eigenvalue weighted by atomic mass is 32.2. The molecule has 7 heteroatoms. The zero-order valence-electron chi connectivity index (χ0n) is 14.3. The van der Waals surface area contributed by atoms with Crippen LogP contribution in [0.15, 0.2) is 46.9 Å². The number of carbonyl (C=O) groups is 1. The van der Waals surface area contributed by atoms with Crippen LogP contribution < -0.4 is 5.32 Å². The number of amides is 1. The van der Waals surface area contributed by atoms with Crippen molar-refractivity contribution in [1.82, 2.24) is 5.32 Å². The molecule has 0 aliphatic carbocycles. The number of nitrogens with one attached hydrogen (secondary N) is 1. The zero-order chi connectivity index (χ0) is 18.4. The predicted octanol–water partition coefficient (Wildman–Crippen LogP) is 1.96. The van der Waals surface area contributed by atoms with Crippen molar-refractivity contribution in [3.63, 3.8) is 0 Å². The molecule has 26 heavy (non-hydrogen) atoms. The number of aliphatic hydroxyl groups excluding tert-OH is 1. The van der Waals surface area contributed by atoms with Gasteiger partial charge in [0.15, 0.2) is 0 Å². The SMILES string of the molecule is O=C(CS(=O)Cc1ccc2oc3ccccc3c2c1)NCCOCCO. The molecule has 3 rings (SSSR count). The van der Waals surface area contributed by atoms with Crippen molar-refractivity contribution in [2.24, 2.45) is 0 Å². The van der Waals surface area contributed by atoms with Crippen molar-refractivity contribution in [2.75, 3.05) is 32.1 Å². The van der Waals surface area contributed by atoms with E-state index in [-0.39, 0.29) is 24.9 Å². The van der Waals surface area contributed by atoms with Gasteiger partial charge in [0.2, 0.25) is 5.91 Å². The van der Waals surface area contributed by atoms with Gasteiger partial charge < -0.3 is 19.6 Å². The molecule has 2 N–H and O–H groups in total. The quantitative estimate of drug-likeness (QED) is 0.558. The topological polar surface area (TPSA) is 88.8 Å². The Hall–Kier alpha value is -2.22. The third-order valence-electron chi connectivity index (χ3n) is 3.87. The molecule has 1 amide bonds. The summed E-state index contributed by atoms with van der Waals surface area (Å²) in [7, 11) is -1.30. The summed E-state index contributed by atoms with van der Waals surface area (Å²) in [5, 5.41) is 13.3. The molecule has 1 aromatic heterocycles. The molecular formula is C19H21NO5S. The maximum atomic E-state index is 12.3. The van der Waals surface area contributed by atoms with Crippen LogP contribution in [0.25, 0.3) is 21.9 Å². The van der Waals surface area contributed by atoms with Crippen LogP contribution in [0.1, 0.15) is 5.56 Å². The van der Waals surface area contributed by atoms with Gasteiger partial charge in [-0.25, -0.2) is 0 Å². The Labute approximate surface area is 153 Å². The minimum atomic E-state index is -1.30. The molecule has 1 unspecified atom stereocenters. The number of furan rings is 1. The van der Waals surface area contributed by atoms with Gasteiger partial charge in [0.05, 0.1) is 19.8 Å². The fourth-order valence-electron chi connectivity index (χ4n) is 2.73. The molecule has 3 aromatic rings. The Bertz CT molecular complexity index is 921. The predicted molar refractivity (Wildman–Crippen MR) is 101 cm³/mol. The van der Waals surface area contributed by atoms with E-state index in [1.165, 1.54) is 0 Å². The van der Waals surface area contributed by atoms with E-state index < -0.39 is 10.8 Å². The second-order valence-corrected chi connectivity index (χ2v) is 7.30. The van der Waals surface area contributed by atoms with Gasteiger partial charge >= 0.3 is 0 Å². The molecule has 138 valence electrons. The van der Waals surface area contributed by atoms with Gasteiger partial charge in [0.1, 0.15) is 16.9 Å². The number of rotatable bonds is 9. The maximum Gasteiger partial charge on any atom is 0.232 e. The summed E-state index contributed by atoms with van der Waals surface area (Å²) >= 11 is 0. The lowest BCUT2D eigenvalue weighted by molar-refractivity contribution is -0.118. The van der Waals surface area contributed by atoms with Crippen LogP contribution in [0.4, 0.5) is 0 Å². The summed E-state index contributed by atoms with van der Waals surface area (Å²) in [4.78, 5) is 11.8. The van der Waals surface area contributed by atoms with Crippen molar-refractivity contribution < 1.29 is 23.3 Å². The van der Waals surface area contributed by atoms with Crippen LogP contribution in [-0.4, -0.2) is 47.3 Å². The standard InChI is InChI=1S/C19H21NO5S/c21-8-10-24-9-7-20-19(22)13-26(23)12-14-5-6-18-16(11-14)15-3-1-2-4-17(15)25-18/h1-6,11,21H,7-10,12-13H2,(H,20,22). The third kappa shape index (κ3) is 4.69. The normalized spacial score (nSPS) is 12.5. The van der Waals surface area contributed by atoms with Gasteiger partial charge in [-0.15, -0.1) is 0 Å². The van der Waals surface area contributed by atoms with Gasteiger partial charge in [-0.2, -0.15) is 0 Å². The highest BCUT2D eigenvalue weighted by Gasteiger charge is 2.11. The van der Waals surface area contributed by atoms with E-state index in [9.17, 15) is 9.00 Å². The number of benzene rings is 2. The largest absolute Gasteiger partial charge is 0.456 e. The molecule has 1 atom stereocenters. The fraction of sp³-hybridized carbons (Fsp3) is 0.316. The summed E-state index contributed by atoms with van der Waals surface area (Å²) in [6.07, 6.45) is 0. The van der Waals surface area contributed by atoms with E-state index in [2.05, 4.69) is 5.32 Å². The minimum Gasteiger partial charge on any atom is -0.456 e. The summed E-state index contributed by atoms with van der Waals surface area (Å²) < 4.78 is 23.1. The Morgan fingerprint density at radius 1 is 1.12 bits per heavy atom. The summed E-state index contributed by atoms with van der Waals surface area (Å²) in [6, 6.07) is 13.5. The smallest absolute Gasteiger partial charge is 0.232 e. The lowest BCUT2D eigenvalue weighted by Crippen LogP contribution is -2.31. The van der Waals surface area contributed by atoms with Gasteiger partial charge in [-0.3, -0.25) is 9.00 Å². The monoisotopic (exact) mass is 375 g/mol. The molecule has 6 nitrogen and oxygen atoms in total. The molecule has 0 saturated carbocycles. The lowest BCUT2D eigenvalue weighted by Gasteiger charge is -2.06. The second kappa shape index (κ2) is 8.93. The lowest BCUT2D eigenvalue weighted by atomic mass is 10.1. The van der Waals surface area contributed by atoms with E-state index in [0.717, 1.165) is 27.5 Å². The van der Waals surface area contributed by atoms with Gasteiger partial charge in [-0.05, 0) is 23.8 Å². The van der Waals surface area contributed by atoms with Crippen LogP contribution in [-0.2, 0) is 26.1 Å². The van der Waals surface area contributed by atoms with Gasteiger partial charge in [0.25, 0.3) is 0 Å². The summed E-state index contributed by atoms with van der Waals surface area (Å²) in [5.41, 5.74) is 2.52. The molecule has 0 radical (unpaired) electrons. The molecule has 0 aliphatic heterocycles. The van der Waals surface area contributed by atoms with Crippen molar-refractivity contribution in [3.05, 3.63) is 48.0 Å². The first-order chi connectivity index (χ1) is 12.7. The Morgan fingerprint density at radius 2 is 1.92 bits per heavy atom. The van der Waals surface area contributed by atoms with E-state index in [4.69, 9.17) is 14.3 Å². The van der Waals surface area contributed by atoms with E-state index in [1.54, 1.807) is 0 Å². The van der Waals surface area contributed by atoms with E-state index in [0.29, 0.717) is 18.9 Å². The Kier molecular flexibility index (Phi) is 6.38. The fourth-order valence-corrected chi connectivity index (χ4v) is 3.77. The number of aliphatic hydroxyl groups is 1. The summed E-state index contributed by atoms with van der Waals surface area (Å²) in [6.45, 7) is 0.855. The average molecular weight is 375 g/mol. The van der Waals surface area contributed by atoms with Crippen molar-refractivity contribution >= 4 is 38.6 Å². The first kappa shape index (κ1) is 18.6. The Morgan fingerprint density at radius 3 is 2.77 bits per heavy atom. The Balaban J connectivity index is 1.57. The third-order valence-corrected chi connectivity index (χ3v) is 5.10. The van der Waals surface area contributed by atoms with Crippen LogP contribution in [0, 0.1) is 0 Å². The maximum absolute atomic E-state index is 12.3. The van der Waals surface area contributed by atoms with Crippen molar-refractivity contribution in [1.29, 1.82) is 0 Å². The van der Waals surface area contributed by atoms with E-state index in [1.807, 2.05) is 42.5 Å².